The molecule has 21 heavy (non-hydrogen) atoms. The Bertz CT molecular complexity index is 657. The predicted octanol–water partition coefficient (Wildman–Crippen LogP) is 2.79. The number of aromatic amines is 1. The van der Waals surface area contributed by atoms with E-state index in [1.165, 1.54) is 5.56 Å². The molecule has 0 aliphatic heterocycles. The fraction of sp³-hybridized carbons (Fsp3) is 0.312. The summed E-state index contributed by atoms with van der Waals surface area (Å²) in [6.45, 7) is 2.12. The fourth-order valence-electron chi connectivity index (χ4n) is 2.43. The largest absolute Gasteiger partial charge is 0.263 e. The van der Waals surface area contributed by atoms with E-state index in [1.807, 2.05) is 23.0 Å². The molecule has 0 amide bonds. The molecule has 1 atom stereocenters. The summed E-state index contributed by atoms with van der Waals surface area (Å²) in [5.41, 5.74) is 1.31. The van der Waals surface area contributed by atoms with Crippen LogP contribution in [0.25, 0.3) is 0 Å². The van der Waals surface area contributed by atoms with Gasteiger partial charge in [0.2, 0.25) is 0 Å². The molecule has 0 saturated heterocycles. The molecule has 0 saturated carbocycles. The highest BCUT2D eigenvalue weighted by Gasteiger charge is 2.16. The molecule has 2 heterocycles. The Labute approximate surface area is 124 Å². The van der Waals surface area contributed by atoms with Crippen LogP contribution < -0.4 is 0 Å². The van der Waals surface area contributed by atoms with Crippen LogP contribution in [0.4, 0.5) is 0 Å². The van der Waals surface area contributed by atoms with Crippen LogP contribution >= 0.6 is 0 Å². The second-order valence-electron chi connectivity index (χ2n) is 5.04. The highest BCUT2D eigenvalue weighted by molar-refractivity contribution is 5.15. The minimum Gasteiger partial charge on any atom is -0.263 e. The molecule has 3 aromatic rings. The van der Waals surface area contributed by atoms with Gasteiger partial charge in [0.25, 0.3) is 0 Å². The summed E-state index contributed by atoms with van der Waals surface area (Å²) in [5, 5.41) is 11.7. The topological polar surface area (TPSA) is 59.4 Å². The molecule has 0 unspecified atom stereocenters. The van der Waals surface area contributed by atoms with Crippen molar-refractivity contribution in [1.82, 2.24) is 25.0 Å². The lowest BCUT2D eigenvalue weighted by Crippen LogP contribution is -2.12. The van der Waals surface area contributed by atoms with E-state index in [4.69, 9.17) is 0 Å². The van der Waals surface area contributed by atoms with Crippen LogP contribution in [0.3, 0.4) is 0 Å². The van der Waals surface area contributed by atoms with Gasteiger partial charge in [-0.3, -0.25) is 9.78 Å². The molecule has 5 heteroatoms. The molecule has 1 N–H and O–H groups in total. The smallest absolute Gasteiger partial charge is 0.175 e. The van der Waals surface area contributed by atoms with E-state index in [9.17, 15) is 0 Å². The van der Waals surface area contributed by atoms with Crippen molar-refractivity contribution in [3.8, 4) is 0 Å². The molecule has 0 aliphatic rings. The first-order valence-electron chi connectivity index (χ1n) is 7.31. The summed E-state index contributed by atoms with van der Waals surface area (Å²) in [5.74, 6) is 1.74. The zero-order chi connectivity index (χ0) is 14.5. The Balaban J connectivity index is 1.68. The van der Waals surface area contributed by atoms with Gasteiger partial charge in [0.15, 0.2) is 5.82 Å². The van der Waals surface area contributed by atoms with E-state index in [-0.39, 0.29) is 6.04 Å². The Hall–Kier alpha value is -2.43. The summed E-state index contributed by atoms with van der Waals surface area (Å²) in [7, 11) is 0. The highest BCUT2D eigenvalue weighted by atomic mass is 15.3. The van der Waals surface area contributed by atoms with Gasteiger partial charge in [0.1, 0.15) is 11.9 Å². The lowest BCUT2D eigenvalue weighted by molar-refractivity contribution is 0.485. The normalized spacial score (nSPS) is 12.4. The zero-order valence-electron chi connectivity index (χ0n) is 12.1. The van der Waals surface area contributed by atoms with Crippen molar-refractivity contribution in [3.05, 3.63) is 66.0 Å². The van der Waals surface area contributed by atoms with Crippen LogP contribution in [0.15, 0.2) is 48.8 Å². The van der Waals surface area contributed by atoms with Crippen LogP contribution in [0.5, 0.6) is 0 Å². The van der Waals surface area contributed by atoms with Crippen LogP contribution in [0, 0.1) is 0 Å². The molecule has 5 nitrogen and oxygen atoms in total. The number of hydrogen-bond donors (Lipinski definition) is 1. The number of nitrogens with one attached hydrogen (secondary N) is 1. The van der Waals surface area contributed by atoms with Gasteiger partial charge < -0.3 is 0 Å². The lowest BCUT2D eigenvalue weighted by Gasteiger charge is -2.10. The number of benzene rings is 1. The average molecular weight is 281 g/mol. The molecule has 0 radical (unpaired) electrons. The van der Waals surface area contributed by atoms with Crippen molar-refractivity contribution >= 4 is 0 Å². The van der Waals surface area contributed by atoms with Crippen molar-refractivity contribution in [3.63, 3.8) is 0 Å². The molecular weight excluding hydrogens is 262 g/mol. The highest BCUT2D eigenvalue weighted by Crippen LogP contribution is 2.17. The number of aromatic nitrogens is 5. The average Bonchev–Trinajstić information content (AvgIpc) is 3.19. The van der Waals surface area contributed by atoms with Gasteiger partial charge in [-0.15, -0.1) is 0 Å². The van der Waals surface area contributed by atoms with Crippen molar-refractivity contribution in [1.29, 1.82) is 0 Å². The van der Waals surface area contributed by atoms with Gasteiger partial charge in [-0.2, -0.15) is 10.2 Å². The van der Waals surface area contributed by atoms with Gasteiger partial charge in [0.05, 0.1) is 0 Å². The van der Waals surface area contributed by atoms with Crippen molar-refractivity contribution < 1.29 is 0 Å². The van der Waals surface area contributed by atoms with Gasteiger partial charge in [-0.05, 0) is 24.5 Å². The molecular formula is C16H19N5. The number of nitrogens with zero attached hydrogens (tertiary/aromatic N) is 4. The second kappa shape index (κ2) is 6.35. The summed E-state index contributed by atoms with van der Waals surface area (Å²) in [6.07, 6.45) is 6.48. The SMILES string of the molecule is CC[C@@H](c1n[nH]c(CCc2ccccc2)n1)n1cccn1. The first kappa shape index (κ1) is 13.5. The Morgan fingerprint density at radius 2 is 2.00 bits per heavy atom. The van der Waals surface area contributed by atoms with Crippen LogP contribution in [-0.4, -0.2) is 25.0 Å². The number of rotatable bonds is 6. The lowest BCUT2D eigenvalue weighted by atomic mass is 10.1. The predicted molar refractivity (Wildman–Crippen MR) is 80.9 cm³/mol. The standard InChI is InChI=1S/C16H19N5/c1-2-14(21-12-6-11-17-21)16-18-15(19-20-16)10-9-13-7-4-3-5-8-13/h3-8,11-12,14H,2,9-10H2,1H3,(H,18,19,20)/t14-/m0/s1. The molecule has 0 spiro atoms. The summed E-state index contributed by atoms with van der Waals surface area (Å²) in [4.78, 5) is 4.62. The molecule has 108 valence electrons. The Morgan fingerprint density at radius 1 is 1.14 bits per heavy atom. The summed E-state index contributed by atoms with van der Waals surface area (Å²) >= 11 is 0. The number of aryl methyl sites for hydroxylation is 2. The number of hydrogen-bond acceptors (Lipinski definition) is 3. The molecule has 0 fully saturated rings. The van der Waals surface area contributed by atoms with E-state index in [1.54, 1.807) is 6.20 Å². The van der Waals surface area contributed by atoms with Gasteiger partial charge in [-0.1, -0.05) is 37.3 Å². The second-order valence-corrected chi connectivity index (χ2v) is 5.04. The van der Waals surface area contributed by atoms with Crippen molar-refractivity contribution in [2.75, 3.05) is 0 Å². The maximum Gasteiger partial charge on any atom is 0.175 e. The van der Waals surface area contributed by atoms with Gasteiger partial charge in [-0.25, -0.2) is 4.98 Å². The summed E-state index contributed by atoms with van der Waals surface area (Å²) in [6, 6.07) is 12.4. The molecule has 2 aromatic heterocycles. The van der Waals surface area contributed by atoms with E-state index in [0.29, 0.717) is 0 Å². The Morgan fingerprint density at radius 3 is 2.71 bits per heavy atom. The monoisotopic (exact) mass is 281 g/mol. The number of H-pyrrole nitrogens is 1. The zero-order valence-corrected chi connectivity index (χ0v) is 12.1. The van der Waals surface area contributed by atoms with E-state index >= 15 is 0 Å². The maximum absolute atomic E-state index is 4.62. The van der Waals surface area contributed by atoms with E-state index < -0.39 is 0 Å². The molecule has 0 bridgehead atoms. The molecule has 1 aromatic carbocycles. The minimum atomic E-state index is 0.0988. The van der Waals surface area contributed by atoms with Crippen molar-refractivity contribution in [2.24, 2.45) is 0 Å². The van der Waals surface area contributed by atoms with Crippen LogP contribution in [-0.2, 0) is 12.8 Å². The maximum atomic E-state index is 4.62. The quantitative estimate of drug-likeness (QED) is 0.756. The van der Waals surface area contributed by atoms with Crippen LogP contribution in [0.1, 0.15) is 36.6 Å². The third-order valence-corrected chi connectivity index (χ3v) is 3.57. The first-order valence-corrected chi connectivity index (χ1v) is 7.31. The summed E-state index contributed by atoms with van der Waals surface area (Å²) < 4.78 is 1.91. The van der Waals surface area contributed by atoms with Gasteiger partial charge >= 0.3 is 0 Å². The van der Waals surface area contributed by atoms with E-state index in [0.717, 1.165) is 30.9 Å². The van der Waals surface area contributed by atoms with E-state index in [2.05, 4.69) is 51.5 Å². The van der Waals surface area contributed by atoms with Crippen molar-refractivity contribution in [2.45, 2.75) is 32.2 Å². The van der Waals surface area contributed by atoms with Gasteiger partial charge in [0, 0.05) is 18.8 Å². The fourth-order valence-corrected chi connectivity index (χ4v) is 2.43. The third-order valence-electron chi connectivity index (χ3n) is 3.57. The Kier molecular flexibility index (Phi) is 4.09. The molecule has 0 aliphatic carbocycles. The third kappa shape index (κ3) is 3.18. The molecule has 3 rings (SSSR count). The first-order chi connectivity index (χ1) is 10.4. The minimum absolute atomic E-state index is 0.0988. The van der Waals surface area contributed by atoms with Crippen LogP contribution in [0.2, 0.25) is 0 Å².